The first kappa shape index (κ1) is 42.5. The second-order valence-corrected chi connectivity index (χ2v) is 17.7. The van der Waals surface area contributed by atoms with Gasteiger partial charge in [0, 0.05) is 26.7 Å². The Morgan fingerprint density at radius 3 is 2.06 bits per heavy atom. The van der Waals surface area contributed by atoms with Crippen LogP contribution in [0, 0.1) is 28.1 Å². The Balaban J connectivity index is 2.32. The summed E-state index contributed by atoms with van der Waals surface area (Å²) in [5.74, 6) is -2.53. The van der Waals surface area contributed by atoms with E-state index in [4.69, 9.17) is 4.74 Å². The summed E-state index contributed by atoms with van der Waals surface area (Å²) in [5.41, 5.74) is -2.09. The van der Waals surface area contributed by atoms with E-state index in [1.54, 1.807) is 27.8 Å². The molecule has 1 saturated carbocycles. The zero-order valence-electron chi connectivity index (χ0n) is 32.7. The Bertz CT molecular complexity index is 1290. The fourth-order valence-electron chi connectivity index (χ4n) is 6.53. The summed E-state index contributed by atoms with van der Waals surface area (Å²) >= 11 is 0. The number of likely N-dealkylation sites (N-methyl/N-ethyl adjacent to an activating group) is 1. The molecule has 6 atom stereocenters. The maximum atomic E-state index is 14.4. The molecule has 6 amide bonds. The monoisotopic (exact) mass is 704 g/mol. The Labute approximate surface area is 299 Å². The van der Waals surface area contributed by atoms with Crippen LogP contribution in [-0.2, 0) is 23.9 Å². The van der Waals surface area contributed by atoms with Crippen molar-refractivity contribution >= 4 is 35.6 Å². The summed E-state index contributed by atoms with van der Waals surface area (Å²) in [4.78, 5) is 83.4. The summed E-state index contributed by atoms with van der Waals surface area (Å²) in [6.07, 6.45) is 2.60. The normalized spacial score (nSPS) is 21.5. The molecule has 0 spiro atoms. The molecule has 50 heavy (non-hydrogen) atoms. The highest BCUT2D eigenvalue weighted by molar-refractivity contribution is 6.38. The molecule has 1 aliphatic heterocycles. The van der Waals surface area contributed by atoms with E-state index in [0.29, 0.717) is 13.0 Å². The van der Waals surface area contributed by atoms with Crippen molar-refractivity contribution < 1.29 is 33.5 Å². The van der Waals surface area contributed by atoms with E-state index < -0.39 is 76.2 Å². The van der Waals surface area contributed by atoms with Crippen molar-refractivity contribution in [3.8, 4) is 0 Å². The zero-order chi connectivity index (χ0) is 38.6. The molecule has 1 aliphatic carbocycles. The lowest BCUT2D eigenvalue weighted by Crippen LogP contribution is -2.62. The first-order valence-corrected chi connectivity index (χ1v) is 17.8. The molecule has 13 nitrogen and oxygen atoms in total. The highest BCUT2D eigenvalue weighted by Gasteiger charge is 2.70. The Hall–Kier alpha value is -3.64. The minimum atomic E-state index is -1.04. The lowest BCUT2D eigenvalue weighted by molar-refractivity contribution is -0.145. The minimum absolute atomic E-state index is 0.0611. The fourth-order valence-corrected chi connectivity index (χ4v) is 6.53. The number of nitrogens with zero attached hydrogens (tertiary/aromatic N) is 2. The van der Waals surface area contributed by atoms with Crippen LogP contribution in [0.2, 0.25) is 0 Å². The molecule has 0 aromatic heterocycles. The van der Waals surface area contributed by atoms with Gasteiger partial charge >= 0.3 is 12.1 Å². The highest BCUT2D eigenvalue weighted by atomic mass is 16.6. The average Bonchev–Trinajstić information content (AvgIpc) is 3.29. The number of hydrogen-bond acceptors (Lipinski definition) is 7. The third-order valence-electron chi connectivity index (χ3n) is 9.77. The standard InChI is InChI=1S/C37H64N6O7/c1-15-17-18-23(27(44)30(46)38-19-16-2)39-29(45)26-25-22(37(25,12)13)20-43(26)31(47)28(35(6,7)8)41-32(48)40-24(34(3,4)5)21-42(14)33(49)50-36(9,10)11/h16,22-26,28H,2,15,17-21H2,1,3-14H3,(H,38,46)(H,39,45)(H2,40,41,48)/t22-,23?,24+,25-,26-,28+/m0/s1. The molecule has 0 radical (unpaired) electrons. The van der Waals surface area contributed by atoms with Crippen molar-refractivity contribution in [3.63, 3.8) is 0 Å². The maximum Gasteiger partial charge on any atom is 0.410 e. The highest BCUT2D eigenvalue weighted by Crippen LogP contribution is 2.65. The van der Waals surface area contributed by atoms with Gasteiger partial charge in [-0.15, -0.1) is 6.58 Å². The lowest BCUT2D eigenvalue weighted by Gasteiger charge is -2.39. The van der Waals surface area contributed by atoms with E-state index in [9.17, 15) is 28.8 Å². The Morgan fingerprint density at radius 1 is 0.960 bits per heavy atom. The summed E-state index contributed by atoms with van der Waals surface area (Å²) in [5, 5.41) is 11.2. The number of unbranched alkanes of at least 4 members (excludes halogenated alkanes) is 1. The molecule has 0 aromatic carbocycles. The predicted octanol–water partition coefficient (Wildman–Crippen LogP) is 4.01. The molecule has 284 valence electrons. The van der Waals surface area contributed by atoms with Crippen LogP contribution in [0.3, 0.4) is 0 Å². The van der Waals surface area contributed by atoms with Gasteiger partial charge in [-0.05, 0) is 55.3 Å². The maximum absolute atomic E-state index is 14.4. The second-order valence-electron chi connectivity index (χ2n) is 17.7. The van der Waals surface area contributed by atoms with Gasteiger partial charge in [0.1, 0.15) is 17.7 Å². The van der Waals surface area contributed by atoms with E-state index >= 15 is 0 Å². The number of nitrogens with one attached hydrogen (secondary N) is 4. The predicted molar refractivity (Wildman–Crippen MR) is 193 cm³/mol. The number of hydrogen-bond donors (Lipinski definition) is 4. The van der Waals surface area contributed by atoms with Gasteiger partial charge in [-0.25, -0.2) is 9.59 Å². The van der Waals surface area contributed by atoms with Crippen LogP contribution >= 0.6 is 0 Å². The number of urea groups is 1. The molecule has 0 bridgehead atoms. The van der Waals surface area contributed by atoms with Gasteiger partial charge in [-0.3, -0.25) is 19.2 Å². The van der Waals surface area contributed by atoms with E-state index in [2.05, 4.69) is 41.7 Å². The quantitative estimate of drug-likeness (QED) is 0.157. The van der Waals surface area contributed by atoms with Crippen molar-refractivity contribution in [2.75, 3.05) is 26.7 Å². The third-order valence-corrected chi connectivity index (χ3v) is 9.77. The average molecular weight is 705 g/mol. The fraction of sp³-hybridized carbons (Fsp3) is 0.784. The number of piperidine rings is 1. The van der Waals surface area contributed by atoms with Gasteiger partial charge in [0.15, 0.2) is 0 Å². The number of fused-ring (bicyclic) bond motifs is 1. The molecule has 2 rings (SSSR count). The van der Waals surface area contributed by atoms with Gasteiger partial charge in [-0.2, -0.15) is 0 Å². The van der Waals surface area contributed by atoms with Crippen LogP contribution in [0.5, 0.6) is 0 Å². The molecule has 1 unspecified atom stereocenters. The van der Waals surface area contributed by atoms with Gasteiger partial charge in [0.05, 0.1) is 12.1 Å². The molecule has 1 saturated heterocycles. The van der Waals surface area contributed by atoms with Gasteiger partial charge in [0.25, 0.3) is 5.91 Å². The van der Waals surface area contributed by atoms with Crippen LogP contribution in [0.4, 0.5) is 9.59 Å². The Morgan fingerprint density at radius 2 is 1.56 bits per heavy atom. The smallest absolute Gasteiger partial charge is 0.410 e. The number of ether oxygens (including phenoxy) is 1. The summed E-state index contributed by atoms with van der Waals surface area (Å²) in [7, 11) is 1.60. The largest absolute Gasteiger partial charge is 0.444 e. The molecular weight excluding hydrogens is 640 g/mol. The van der Waals surface area contributed by atoms with Crippen LogP contribution in [0.25, 0.3) is 0 Å². The molecular formula is C37H64N6O7. The first-order chi connectivity index (χ1) is 22.8. The first-order valence-electron chi connectivity index (χ1n) is 17.8. The zero-order valence-corrected chi connectivity index (χ0v) is 32.7. The Kier molecular flexibility index (Phi) is 13.7. The molecule has 0 aromatic rings. The second kappa shape index (κ2) is 16.1. The van der Waals surface area contributed by atoms with Crippen molar-refractivity contribution in [1.82, 2.24) is 31.1 Å². The summed E-state index contributed by atoms with van der Waals surface area (Å²) in [6.45, 7) is 26.9. The number of ketones is 1. The SMILES string of the molecule is C=CCNC(=O)C(=O)C(CCCC)NC(=O)[C@@H]1[C@@H]2[C@H](CN1C(=O)[C@@H](NC(=O)N[C@H](CN(C)C(=O)OC(C)(C)C)C(C)(C)C)C(C)(C)C)C2(C)C. The number of carbonyl (C=O) groups is 6. The van der Waals surface area contributed by atoms with Crippen molar-refractivity contribution in [2.45, 2.75) is 132 Å². The van der Waals surface area contributed by atoms with Gasteiger partial charge in [0.2, 0.25) is 17.6 Å². The van der Waals surface area contributed by atoms with Crippen LogP contribution in [-0.4, -0.2) is 102 Å². The van der Waals surface area contributed by atoms with Gasteiger partial charge < -0.3 is 35.8 Å². The summed E-state index contributed by atoms with van der Waals surface area (Å²) < 4.78 is 5.49. The van der Waals surface area contributed by atoms with E-state index in [-0.39, 0.29) is 36.8 Å². The van der Waals surface area contributed by atoms with Crippen LogP contribution < -0.4 is 21.3 Å². The lowest BCUT2D eigenvalue weighted by atomic mass is 9.85. The molecule has 13 heteroatoms. The van der Waals surface area contributed by atoms with E-state index in [1.807, 2.05) is 48.5 Å². The van der Waals surface area contributed by atoms with Crippen molar-refractivity contribution in [2.24, 2.45) is 28.1 Å². The third kappa shape index (κ3) is 10.9. The van der Waals surface area contributed by atoms with Crippen molar-refractivity contribution in [3.05, 3.63) is 12.7 Å². The van der Waals surface area contributed by atoms with E-state index in [1.165, 1.54) is 15.9 Å². The van der Waals surface area contributed by atoms with Gasteiger partial charge in [-0.1, -0.05) is 81.2 Å². The molecule has 1 heterocycles. The van der Waals surface area contributed by atoms with E-state index in [0.717, 1.165) is 6.42 Å². The molecule has 2 aliphatic rings. The molecule has 2 fully saturated rings. The number of carbonyl (C=O) groups excluding carboxylic acids is 6. The summed E-state index contributed by atoms with van der Waals surface area (Å²) in [6, 6.07) is -4.02. The van der Waals surface area contributed by atoms with Crippen LogP contribution in [0.15, 0.2) is 12.7 Å². The number of Topliss-reactive ketones (excluding diaryl/α,β-unsaturated/α-hetero) is 1. The number of amides is 6. The number of rotatable bonds is 14. The molecule has 4 N–H and O–H groups in total. The minimum Gasteiger partial charge on any atom is -0.444 e. The van der Waals surface area contributed by atoms with Crippen LogP contribution in [0.1, 0.15) is 102 Å². The topological polar surface area (TPSA) is 166 Å². The van der Waals surface area contributed by atoms with Crippen molar-refractivity contribution in [1.29, 1.82) is 0 Å². The number of likely N-dealkylation sites (tertiary alicyclic amines) is 1.